The summed E-state index contributed by atoms with van der Waals surface area (Å²) in [5.74, 6) is 0. The van der Waals surface area contributed by atoms with Crippen molar-refractivity contribution in [2.24, 2.45) is 0 Å². The first-order valence-corrected chi connectivity index (χ1v) is 5.93. The monoisotopic (exact) mass is 228 g/mol. The summed E-state index contributed by atoms with van der Waals surface area (Å²) in [7, 11) is 2.16. The lowest BCUT2D eigenvalue weighted by Crippen LogP contribution is -2.49. The Morgan fingerprint density at radius 3 is 3.33 bits per heavy atom. The molecule has 2 rings (SSSR count). The van der Waals surface area contributed by atoms with Gasteiger partial charge < -0.3 is 15.5 Å². The highest BCUT2D eigenvalue weighted by Gasteiger charge is 2.15. The highest BCUT2D eigenvalue weighted by Crippen LogP contribution is 2.06. The van der Waals surface area contributed by atoms with Crippen LogP contribution in [0.5, 0.6) is 0 Å². The zero-order valence-corrected chi connectivity index (χ0v) is 9.63. The molecule has 1 aromatic rings. The SMILES string of the molecule is CN1CCNC(CCNc2nnns2)C1. The first kappa shape index (κ1) is 10.7. The van der Waals surface area contributed by atoms with Gasteiger partial charge in [-0.2, -0.15) is 0 Å². The van der Waals surface area contributed by atoms with Crippen molar-refractivity contribution in [3.63, 3.8) is 0 Å². The van der Waals surface area contributed by atoms with Gasteiger partial charge in [0, 0.05) is 43.8 Å². The van der Waals surface area contributed by atoms with Gasteiger partial charge in [-0.3, -0.25) is 0 Å². The lowest BCUT2D eigenvalue weighted by molar-refractivity contribution is 0.234. The second-order valence-electron chi connectivity index (χ2n) is 3.80. The Balaban J connectivity index is 1.65. The number of nitrogens with one attached hydrogen (secondary N) is 2. The van der Waals surface area contributed by atoms with Gasteiger partial charge in [-0.15, -0.1) is 0 Å². The maximum Gasteiger partial charge on any atom is 0.225 e. The van der Waals surface area contributed by atoms with E-state index in [1.807, 2.05) is 0 Å². The molecule has 1 unspecified atom stereocenters. The molecule has 0 amide bonds. The molecule has 0 saturated carbocycles. The zero-order chi connectivity index (χ0) is 10.5. The molecule has 0 aliphatic carbocycles. The first-order valence-electron chi connectivity index (χ1n) is 5.15. The second-order valence-corrected chi connectivity index (χ2v) is 4.53. The van der Waals surface area contributed by atoms with Crippen LogP contribution in [0.15, 0.2) is 0 Å². The lowest BCUT2D eigenvalue weighted by atomic mass is 10.1. The van der Waals surface area contributed by atoms with Crippen LogP contribution >= 0.6 is 11.5 Å². The normalized spacial score (nSPS) is 22.9. The molecule has 0 bridgehead atoms. The number of likely N-dealkylation sites (N-methyl/N-ethyl adjacent to an activating group) is 1. The third-order valence-electron chi connectivity index (χ3n) is 2.53. The van der Waals surface area contributed by atoms with Crippen molar-refractivity contribution < 1.29 is 0 Å². The van der Waals surface area contributed by atoms with Crippen LogP contribution in [0.4, 0.5) is 5.13 Å². The molecule has 2 heterocycles. The zero-order valence-electron chi connectivity index (χ0n) is 8.81. The number of rotatable bonds is 4. The maximum absolute atomic E-state index is 3.83. The van der Waals surface area contributed by atoms with Crippen LogP contribution in [-0.4, -0.2) is 59.0 Å². The lowest BCUT2D eigenvalue weighted by Gasteiger charge is -2.30. The smallest absolute Gasteiger partial charge is 0.225 e. The molecule has 0 spiro atoms. The molecule has 1 atom stereocenters. The van der Waals surface area contributed by atoms with Crippen molar-refractivity contribution in [3.8, 4) is 0 Å². The fourth-order valence-electron chi connectivity index (χ4n) is 1.74. The van der Waals surface area contributed by atoms with Crippen LogP contribution in [0.3, 0.4) is 0 Å². The molecule has 1 aromatic heterocycles. The van der Waals surface area contributed by atoms with E-state index in [-0.39, 0.29) is 0 Å². The van der Waals surface area contributed by atoms with Gasteiger partial charge in [-0.05, 0) is 18.7 Å². The fourth-order valence-corrected chi connectivity index (χ4v) is 2.13. The van der Waals surface area contributed by atoms with Crippen LogP contribution < -0.4 is 10.6 Å². The van der Waals surface area contributed by atoms with Crippen LogP contribution in [0.2, 0.25) is 0 Å². The highest BCUT2D eigenvalue weighted by atomic mass is 32.1. The summed E-state index contributed by atoms with van der Waals surface area (Å²) in [4.78, 5) is 2.35. The number of anilines is 1. The predicted molar refractivity (Wildman–Crippen MR) is 60.1 cm³/mol. The van der Waals surface area contributed by atoms with Crippen molar-refractivity contribution in [3.05, 3.63) is 0 Å². The van der Waals surface area contributed by atoms with Crippen LogP contribution in [0, 0.1) is 0 Å². The summed E-state index contributed by atoms with van der Waals surface area (Å²) in [6.07, 6.45) is 1.10. The van der Waals surface area contributed by atoms with E-state index in [0.29, 0.717) is 6.04 Å². The number of aromatic nitrogens is 3. The summed E-state index contributed by atoms with van der Waals surface area (Å²) in [5, 5.41) is 14.9. The summed E-state index contributed by atoms with van der Waals surface area (Å²) in [6, 6.07) is 0.581. The largest absolute Gasteiger partial charge is 0.359 e. The second kappa shape index (κ2) is 5.34. The van der Waals surface area contributed by atoms with Gasteiger partial charge >= 0.3 is 0 Å². The van der Waals surface area contributed by atoms with E-state index < -0.39 is 0 Å². The third-order valence-corrected chi connectivity index (χ3v) is 3.08. The van der Waals surface area contributed by atoms with Gasteiger partial charge in [0.15, 0.2) is 0 Å². The molecular formula is C8H16N6S. The van der Waals surface area contributed by atoms with Gasteiger partial charge in [0.05, 0.1) is 0 Å². The number of hydrogen-bond acceptors (Lipinski definition) is 7. The van der Waals surface area contributed by atoms with Gasteiger partial charge in [-0.1, -0.05) is 9.59 Å². The quantitative estimate of drug-likeness (QED) is 0.733. The Bertz CT molecular complexity index is 277. The number of hydrogen-bond donors (Lipinski definition) is 2. The third kappa shape index (κ3) is 3.37. The van der Waals surface area contributed by atoms with E-state index in [2.05, 4.69) is 37.4 Å². The van der Waals surface area contributed by atoms with Crippen LogP contribution in [0.1, 0.15) is 6.42 Å². The van der Waals surface area contributed by atoms with Crippen LogP contribution in [-0.2, 0) is 0 Å². The average molecular weight is 228 g/mol. The predicted octanol–water partition coefficient (Wildman–Crippen LogP) is -0.361. The van der Waals surface area contributed by atoms with Gasteiger partial charge in [0.25, 0.3) is 0 Å². The Morgan fingerprint density at radius 1 is 1.67 bits per heavy atom. The molecule has 0 aromatic carbocycles. The Morgan fingerprint density at radius 2 is 2.60 bits per heavy atom. The Kier molecular flexibility index (Phi) is 3.81. The average Bonchev–Trinajstić information content (AvgIpc) is 2.71. The van der Waals surface area contributed by atoms with Gasteiger partial charge in [0.1, 0.15) is 0 Å². The highest BCUT2D eigenvalue weighted by molar-refractivity contribution is 7.09. The van der Waals surface area contributed by atoms with E-state index in [1.165, 1.54) is 11.5 Å². The van der Waals surface area contributed by atoms with Crippen LogP contribution in [0.25, 0.3) is 0 Å². The summed E-state index contributed by atoms with van der Waals surface area (Å²) >= 11 is 1.30. The molecule has 1 aliphatic rings. The molecule has 1 fully saturated rings. The van der Waals surface area contributed by atoms with Crippen molar-refractivity contribution in [2.45, 2.75) is 12.5 Å². The molecule has 15 heavy (non-hydrogen) atoms. The Hall–Kier alpha value is -0.790. The van der Waals surface area contributed by atoms with E-state index in [1.54, 1.807) is 0 Å². The topological polar surface area (TPSA) is 66.0 Å². The maximum atomic E-state index is 3.83. The van der Waals surface area contributed by atoms with Crippen molar-refractivity contribution in [1.82, 2.24) is 25.0 Å². The molecule has 0 radical (unpaired) electrons. The molecule has 1 aliphatic heterocycles. The molecule has 6 nitrogen and oxygen atoms in total. The van der Waals surface area contributed by atoms with E-state index in [4.69, 9.17) is 0 Å². The molecule has 2 N–H and O–H groups in total. The minimum Gasteiger partial charge on any atom is -0.359 e. The minimum atomic E-state index is 0.581. The standard InChI is InChI=1S/C8H16N6S/c1-14-5-4-9-7(6-14)2-3-10-8-11-12-13-15-8/h7,9H,2-6H2,1H3,(H,10,11,13). The molecular weight excluding hydrogens is 212 g/mol. The Labute approximate surface area is 93.2 Å². The first-order chi connectivity index (χ1) is 7.34. The minimum absolute atomic E-state index is 0.581. The summed E-state index contributed by atoms with van der Waals surface area (Å²) in [5.41, 5.74) is 0. The number of nitrogens with zero attached hydrogens (tertiary/aromatic N) is 4. The van der Waals surface area contributed by atoms with Crippen molar-refractivity contribution in [2.75, 3.05) is 38.5 Å². The fraction of sp³-hybridized carbons (Fsp3) is 0.875. The van der Waals surface area contributed by atoms with E-state index in [9.17, 15) is 0 Å². The molecule has 84 valence electrons. The summed E-state index contributed by atoms with van der Waals surface area (Å²) in [6.45, 7) is 4.27. The van der Waals surface area contributed by atoms with Gasteiger partial charge in [-0.25, -0.2) is 0 Å². The number of piperazine rings is 1. The van der Waals surface area contributed by atoms with Crippen molar-refractivity contribution in [1.29, 1.82) is 0 Å². The van der Waals surface area contributed by atoms with Gasteiger partial charge in [0.2, 0.25) is 5.13 Å². The molecule has 1 saturated heterocycles. The van der Waals surface area contributed by atoms with Crippen molar-refractivity contribution >= 4 is 16.7 Å². The molecule has 7 heteroatoms. The van der Waals surface area contributed by atoms with E-state index in [0.717, 1.165) is 37.7 Å². The van der Waals surface area contributed by atoms with E-state index >= 15 is 0 Å². The summed E-state index contributed by atoms with van der Waals surface area (Å²) < 4.78 is 3.69.